The molecule has 0 radical (unpaired) electrons. The minimum atomic E-state index is 0.118. The zero-order valence-corrected chi connectivity index (χ0v) is 12.9. The number of hydrogen-bond acceptors (Lipinski definition) is 7. The summed E-state index contributed by atoms with van der Waals surface area (Å²) in [5, 5.41) is 0.118. The van der Waals surface area contributed by atoms with Gasteiger partial charge in [-0.25, -0.2) is 0 Å². The highest BCUT2D eigenvalue weighted by Crippen LogP contribution is 2.15. The molecular formula is C12H21ClN4O3. The highest BCUT2D eigenvalue weighted by molar-refractivity contribution is 6.28. The predicted octanol–water partition coefficient (Wildman–Crippen LogP) is 1.41. The van der Waals surface area contributed by atoms with Crippen molar-refractivity contribution in [2.75, 3.05) is 52.0 Å². The number of anilines is 1. The van der Waals surface area contributed by atoms with Crippen LogP contribution < -0.4 is 9.64 Å². The second-order valence-electron chi connectivity index (χ2n) is 3.95. The normalized spacial score (nSPS) is 10.6. The Morgan fingerprint density at radius 2 is 1.80 bits per heavy atom. The van der Waals surface area contributed by atoms with E-state index < -0.39 is 0 Å². The lowest BCUT2D eigenvalue weighted by Gasteiger charge is -2.22. The van der Waals surface area contributed by atoms with E-state index in [0.29, 0.717) is 32.3 Å². The van der Waals surface area contributed by atoms with Crippen molar-refractivity contribution >= 4 is 17.5 Å². The van der Waals surface area contributed by atoms with Gasteiger partial charge in [-0.15, -0.1) is 0 Å². The van der Waals surface area contributed by atoms with Crippen molar-refractivity contribution in [1.82, 2.24) is 15.0 Å². The molecule has 0 aromatic carbocycles. The molecule has 0 aliphatic rings. The van der Waals surface area contributed by atoms with Gasteiger partial charge < -0.3 is 19.1 Å². The summed E-state index contributed by atoms with van der Waals surface area (Å²) >= 11 is 5.90. The van der Waals surface area contributed by atoms with Crippen LogP contribution in [0.1, 0.15) is 13.3 Å². The van der Waals surface area contributed by atoms with Gasteiger partial charge >= 0.3 is 6.01 Å². The van der Waals surface area contributed by atoms with Gasteiger partial charge in [0.2, 0.25) is 11.2 Å². The number of rotatable bonds is 10. The van der Waals surface area contributed by atoms with Crippen LogP contribution >= 0.6 is 11.6 Å². The van der Waals surface area contributed by atoms with Crippen molar-refractivity contribution in [3.63, 3.8) is 0 Å². The SMILES string of the molecule is CCOc1nc(Cl)nc(N(CCCOC)CCOC)n1. The molecule has 1 heterocycles. The van der Waals surface area contributed by atoms with Crippen molar-refractivity contribution < 1.29 is 14.2 Å². The Morgan fingerprint density at radius 1 is 1.05 bits per heavy atom. The summed E-state index contributed by atoms with van der Waals surface area (Å²) in [7, 11) is 3.33. The fourth-order valence-corrected chi connectivity index (χ4v) is 1.72. The van der Waals surface area contributed by atoms with Crippen LogP contribution in [0.15, 0.2) is 0 Å². The molecule has 1 aromatic heterocycles. The maximum atomic E-state index is 5.90. The van der Waals surface area contributed by atoms with Gasteiger partial charge in [-0.3, -0.25) is 0 Å². The Hall–Kier alpha value is -1.18. The Labute approximate surface area is 124 Å². The summed E-state index contributed by atoms with van der Waals surface area (Å²) in [4.78, 5) is 14.3. The van der Waals surface area contributed by atoms with Crippen LogP contribution in [-0.4, -0.2) is 62.1 Å². The highest BCUT2D eigenvalue weighted by atomic mass is 35.5. The average Bonchev–Trinajstić information content (AvgIpc) is 2.42. The summed E-state index contributed by atoms with van der Waals surface area (Å²) < 4.78 is 15.4. The molecule has 0 bridgehead atoms. The molecule has 0 saturated heterocycles. The molecule has 0 saturated carbocycles. The van der Waals surface area contributed by atoms with E-state index in [1.54, 1.807) is 14.2 Å². The molecular weight excluding hydrogens is 284 g/mol. The van der Waals surface area contributed by atoms with Gasteiger partial charge in [0.1, 0.15) is 0 Å². The minimum absolute atomic E-state index is 0.118. The molecule has 0 unspecified atom stereocenters. The number of aromatic nitrogens is 3. The molecule has 1 rings (SSSR count). The standard InChI is InChI=1S/C12H21ClN4O3/c1-4-20-12-15-10(13)14-11(16-12)17(7-9-19-3)6-5-8-18-2/h4-9H2,1-3H3. The summed E-state index contributed by atoms with van der Waals surface area (Å²) in [6.07, 6.45) is 0.855. The van der Waals surface area contributed by atoms with Crippen molar-refractivity contribution in [1.29, 1.82) is 0 Å². The first-order valence-corrected chi connectivity index (χ1v) is 6.86. The van der Waals surface area contributed by atoms with Crippen LogP contribution in [-0.2, 0) is 9.47 Å². The quantitative estimate of drug-likeness (QED) is 0.605. The Kier molecular flexibility index (Phi) is 8.17. The van der Waals surface area contributed by atoms with Gasteiger partial charge in [0.25, 0.3) is 0 Å². The summed E-state index contributed by atoms with van der Waals surface area (Å²) in [5.74, 6) is 0.488. The molecule has 0 fully saturated rings. The van der Waals surface area contributed by atoms with E-state index in [-0.39, 0.29) is 11.3 Å². The fourth-order valence-electron chi connectivity index (χ4n) is 1.57. The lowest BCUT2D eigenvalue weighted by Crippen LogP contribution is -2.31. The number of halogens is 1. The van der Waals surface area contributed by atoms with E-state index in [9.17, 15) is 0 Å². The molecule has 0 spiro atoms. The van der Waals surface area contributed by atoms with Crippen LogP contribution in [0.3, 0.4) is 0 Å². The first-order valence-electron chi connectivity index (χ1n) is 6.48. The zero-order valence-electron chi connectivity index (χ0n) is 12.1. The molecule has 7 nitrogen and oxygen atoms in total. The number of ether oxygens (including phenoxy) is 3. The maximum Gasteiger partial charge on any atom is 0.322 e. The van der Waals surface area contributed by atoms with E-state index in [1.165, 1.54) is 0 Å². The molecule has 20 heavy (non-hydrogen) atoms. The summed E-state index contributed by atoms with van der Waals surface area (Å²) in [6.45, 7) is 4.97. The van der Waals surface area contributed by atoms with Crippen molar-refractivity contribution in [2.45, 2.75) is 13.3 Å². The Balaban J connectivity index is 2.81. The highest BCUT2D eigenvalue weighted by Gasteiger charge is 2.13. The molecule has 0 atom stereocenters. The molecule has 0 amide bonds. The zero-order chi connectivity index (χ0) is 14.8. The monoisotopic (exact) mass is 304 g/mol. The van der Waals surface area contributed by atoms with Gasteiger partial charge in [-0.2, -0.15) is 15.0 Å². The fraction of sp³-hybridized carbons (Fsp3) is 0.750. The molecule has 0 aliphatic heterocycles. The third-order valence-electron chi connectivity index (χ3n) is 2.47. The van der Waals surface area contributed by atoms with Gasteiger partial charge in [0, 0.05) is 33.9 Å². The molecule has 114 valence electrons. The molecule has 8 heteroatoms. The summed E-state index contributed by atoms with van der Waals surface area (Å²) in [6, 6.07) is 0.233. The molecule has 0 aliphatic carbocycles. The molecule has 1 aromatic rings. The van der Waals surface area contributed by atoms with Crippen molar-refractivity contribution in [3.8, 4) is 6.01 Å². The number of nitrogens with zero attached hydrogens (tertiary/aromatic N) is 4. The smallest absolute Gasteiger partial charge is 0.322 e. The van der Waals surface area contributed by atoms with Crippen LogP contribution in [0.5, 0.6) is 6.01 Å². The van der Waals surface area contributed by atoms with E-state index in [0.717, 1.165) is 13.0 Å². The third-order valence-corrected chi connectivity index (χ3v) is 2.64. The Morgan fingerprint density at radius 3 is 2.45 bits per heavy atom. The van der Waals surface area contributed by atoms with Crippen molar-refractivity contribution in [2.24, 2.45) is 0 Å². The summed E-state index contributed by atoms with van der Waals surface area (Å²) in [5.41, 5.74) is 0. The van der Waals surface area contributed by atoms with Gasteiger partial charge in [-0.1, -0.05) is 0 Å². The Bertz CT molecular complexity index is 395. The number of hydrogen-bond donors (Lipinski definition) is 0. The van der Waals surface area contributed by atoms with Gasteiger partial charge in [0.15, 0.2) is 0 Å². The minimum Gasteiger partial charge on any atom is -0.464 e. The molecule has 0 N–H and O–H groups in total. The van der Waals surface area contributed by atoms with Crippen LogP contribution in [0, 0.1) is 0 Å². The lowest BCUT2D eigenvalue weighted by molar-refractivity contribution is 0.190. The second kappa shape index (κ2) is 9.68. The third kappa shape index (κ3) is 5.85. The maximum absolute atomic E-state index is 5.90. The number of methoxy groups -OCH3 is 2. The predicted molar refractivity (Wildman–Crippen MR) is 76.6 cm³/mol. The topological polar surface area (TPSA) is 69.6 Å². The van der Waals surface area contributed by atoms with Crippen LogP contribution in [0.25, 0.3) is 0 Å². The second-order valence-corrected chi connectivity index (χ2v) is 4.28. The van der Waals surface area contributed by atoms with Gasteiger partial charge in [0.05, 0.1) is 13.2 Å². The van der Waals surface area contributed by atoms with Crippen LogP contribution in [0.4, 0.5) is 5.95 Å². The van der Waals surface area contributed by atoms with Crippen LogP contribution in [0.2, 0.25) is 5.28 Å². The first kappa shape index (κ1) is 16.9. The van der Waals surface area contributed by atoms with Gasteiger partial charge in [-0.05, 0) is 24.9 Å². The first-order chi connectivity index (χ1) is 9.71. The van der Waals surface area contributed by atoms with E-state index >= 15 is 0 Å². The van der Waals surface area contributed by atoms with Crippen molar-refractivity contribution in [3.05, 3.63) is 5.28 Å². The lowest BCUT2D eigenvalue weighted by atomic mass is 10.4. The van der Waals surface area contributed by atoms with E-state index in [2.05, 4.69) is 15.0 Å². The average molecular weight is 305 g/mol. The van der Waals surface area contributed by atoms with E-state index in [4.69, 9.17) is 25.8 Å². The largest absolute Gasteiger partial charge is 0.464 e. The van der Waals surface area contributed by atoms with E-state index in [1.807, 2.05) is 11.8 Å².